The second-order valence-electron chi connectivity index (χ2n) is 2.95. The first-order valence-electron chi connectivity index (χ1n) is 4.19. The third kappa shape index (κ3) is 2.25. The van der Waals surface area contributed by atoms with E-state index in [2.05, 4.69) is 10.5 Å². The molecule has 1 aromatic heterocycles. The van der Waals surface area contributed by atoms with E-state index in [1.807, 2.05) is 29.5 Å². The smallest absolute Gasteiger partial charge is 0.154 e. The second kappa shape index (κ2) is 4.39. The number of hydrogen-bond donors (Lipinski definition) is 0. The molecule has 0 atom stereocenters. The standard InChI is InChI=1S/C10H7Cl2N2S/c1-14(10-5-15-6-13-10)7-2-3-8(11)9(12)4-7/h2-5H,1H3. The zero-order valence-electron chi connectivity index (χ0n) is 7.87. The van der Waals surface area contributed by atoms with Crippen molar-refractivity contribution < 1.29 is 0 Å². The Balaban J connectivity index is 2.34. The summed E-state index contributed by atoms with van der Waals surface area (Å²) in [7, 11) is 1.92. The van der Waals surface area contributed by atoms with Gasteiger partial charge in [-0.1, -0.05) is 23.2 Å². The van der Waals surface area contributed by atoms with Crippen LogP contribution in [-0.2, 0) is 0 Å². The molecule has 15 heavy (non-hydrogen) atoms. The molecule has 0 saturated heterocycles. The van der Waals surface area contributed by atoms with Gasteiger partial charge >= 0.3 is 0 Å². The van der Waals surface area contributed by atoms with Crippen LogP contribution in [0.3, 0.4) is 0 Å². The Bertz CT molecular complexity index is 456. The summed E-state index contributed by atoms with van der Waals surface area (Å²) in [6, 6.07) is 5.47. The predicted molar refractivity (Wildman–Crippen MR) is 65.5 cm³/mol. The first-order valence-corrected chi connectivity index (χ1v) is 5.82. The first-order chi connectivity index (χ1) is 7.18. The minimum Gasteiger partial charge on any atom is -0.329 e. The zero-order chi connectivity index (χ0) is 10.8. The lowest BCUT2D eigenvalue weighted by Gasteiger charge is -2.16. The van der Waals surface area contributed by atoms with Crippen LogP contribution in [0.2, 0.25) is 10.0 Å². The molecule has 0 fully saturated rings. The summed E-state index contributed by atoms with van der Waals surface area (Å²) in [6.07, 6.45) is 0. The largest absolute Gasteiger partial charge is 0.329 e. The molecule has 1 heterocycles. The molecule has 2 nitrogen and oxygen atoms in total. The average Bonchev–Trinajstić information content (AvgIpc) is 2.74. The van der Waals surface area contributed by atoms with Crippen molar-refractivity contribution in [3.63, 3.8) is 0 Å². The molecule has 0 amide bonds. The van der Waals surface area contributed by atoms with Gasteiger partial charge in [0.2, 0.25) is 0 Å². The van der Waals surface area contributed by atoms with Gasteiger partial charge in [-0.2, -0.15) is 0 Å². The van der Waals surface area contributed by atoms with Crippen LogP contribution in [0.4, 0.5) is 11.5 Å². The van der Waals surface area contributed by atoms with E-state index in [-0.39, 0.29) is 0 Å². The molecule has 77 valence electrons. The Labute approximate surface area is 102 Å². The molecular weight excluding hydrogens is 251 g/mol. The summed E-state index contributed by atoms with van der Waals surface area (Å²) in [5, 5.41) is 3.02. The summed E-state index contributed by atoms with van der Waals surface area (Å²) >= 11 is 13.2. The van der Waals surface area contributed by atoms with Gasteiger partial charge in [-0.25, -0.2) is 4.98 Å². The first kappa shape index (κ1) is 10.7. The predicted octanol–water partition coefficient (Wildman–Crippen LogP) is 4.02. The molecule has 0 bridgehead atoms. The van der Waals surface area contributed by atoms with E-state index < -0.39 is 0 Å². The highest BCUT2D eigenvalue weighted by Crippen LogP contribution is 2.29. The van der Waals surface area contributed by atoms with Crippen molar-refractivity contribution in [2.75, 3.05) is 11.9 Å². The van der Waals surface area contributed by atoms with Crippen molar-refractivity contribution in [3.8, 4) is 0 Å². The van der Waals surface area contributed by atoms with E-state index in [4.69, 9.17) is 23.2 Å². The van der Waals surface area contributed by atoms with Crippen LogP contribution in [0.15, 0.2) is 23.6 Å². The van der Waals surface area contributed by atoms with Gasteiger partial charge in [0.05, 0.1) is 10.0 Å². The van der Waals surface area contributed by atoms with Crippen LogP contribution >= 0.6 is 34.5 Å². The number of aromatic nitrogens is 1. The molecular formula is C10H7Cl2N2S. The Morgan fingerprint density at radius 1 is 1.33 bits per heavy atom. The summed E-state index contributed by atoms with van der Waals surface area (Å²) < 4.78 is 0. The van der Waals surface area contributed by atoms with E-state index in [9.17, 15) is 0 Å². The van der Waals surface area contributed by atoms with Crippen molar-refractivity contribution in [1.82, 2.24) is 4.98 Å². The van der Waals surface area contributed by atoms with Gasteiger partial charge < -0.3 is 4.90 Å². The lowest BCUT2D eigenvalue weighted by atomic mass is 10.3. The Morgan fingerprint density at radius 3 is 2.73 bits per heavy atom. The molecule has 0 aliphatic rings. The molecule has 1 aromatic carbocycles. The molecule has 5 heteroatoms. The molecule has 1 radical (unpaired) electrons. The summed E-state index contributed by atoms with van der Waals surface area (Å²) in [4.78, 5) is 6.01. The van der Waals surface area contributed by atoms with Crippen LogP contribution in [0.25, 0.3) is 0 Å². The maximum absolute atomic E-state index is 5.94. The van der Waals surface area contributed by atoms with Gasteiger partial charge in [-0.05, 0) is 18.2 Å². The molecule has 0 aliphatic carbocycles. The van der Waals surface area contributed by atoms with Crippen molar-refractivity contribution in [1.29, 1.82) is 0 Å². The lowest BCUT2D eigenvalue weighted by molar-refractivity contribution is 1.15. The van der Waals surface area contributed by atoms with Gasteiger partial charge in [-0.3, -0.25) is 0 Å². The molecule has 0 spiro atoms. The number of halogens is 2. The number of nitrogens with zero attached hydrogens (tertiary/aromatic N) is 2. The number of rotatable bonds is 2. The average molecular weight is 258 g/mol. The minimum absolute atomic E-state index is 0.542. The maximum atomic E-state index is 5.94. The van der Waals surface area contributed by atoms with Crippen molar-refractivity contribution in [3.05, 3.63) is 39.1 Å². The van der Waals surface area contributed by atoms with Gasteiger partial charge in [0, 0.05) is 18.1 Å². The second-order valence-corrected chi connectivity index (χ2v) is 4.42. The summed E-state index contributed by atoms with van der Waals surface area (Å²) in [5.74, 6) is 0.846. The van der Waals surface area contributed by atoms with Crippen LogP contribution in [0.5, 0.6) is 0 Å². The molecule has 2 rings (SSSR count). The maximum Gasteiger partial charge on any atom is 0.154 e. The van der Waals surface area contributed by atoms with Crippen LogP contribution in [-0.4, -0.2) is 12.0 Å². The Kier molecular flexibility index (Phi) is 3.14. The van der Waals surface area contributed by atoms with Crippen LogP contribution in [0.1, 0.15) is 0 Å². The van der Waals surface area contributed by atoms with E-state index in [0.717, 1.165) is 11.5 Å². The van der Waals surface area contributed by atoms with E-state index >= 15 is 0 Å². The van der Waals surface area contributed by atoms with Gasteiger partial charge in [0.15, 0.2) is 5.51 Å². The van der Waals surface area contributed by atoms with Crippen molar-refractivity contribution >= 4 is 46.0 Å². The third-order valence-electron chi connectivity index (χ3n) is 2.01. The highest BCUT2D eigenvalue weighted by molar-refractivity contribution is 7.07. The zero-order valence-corrected chi connectivity index (χ0v) is 10.2. The highest BCUT2D eigenvalue weighted by atomic mass is 35.5. The van der Waals surface area contributed by atoms with Crippen LogP contribution < -0.4 is 4.90 Å². The van der Waals surface area contributed by atoms with Crippen molar-refractivity contribution in [2.45, 2.75) is 0 Å². The van der Waals surface area contributed by atoms with Gasteiger partial charge in [-0.15, -0.1) is 11.3 Å². The van der Waals surface area contributed by atoms with Crippen molar-refractivity contribution in [2.24, 2.45) is 0 Å². The molecule has 0 N–H and O–H groups in total. The molecule has 0 aliphatic heterocycles. The monoisotopic (exact) mass is 257 g/mol. The molecule has 2 aromatic rings. The fourth-order valence-electron chi connectivity index (χ4n) is 1.16. The van der Waals surface area contributed by atoms with E-state index in [1.54, 1.807) is 6.07 Å². The van der Waals surface area contributed by atoms with E-state index in [0.29, 0.717) is 10.0 Å². The third-order valence-corrected chi connectivity index (χ3v) is 3.28. The fourth-order valence-corrected chi connectivity index (χ4v) is 1.97. The van der Waals surface area contributed by atoms with Crippen LogP contribution in [0, 0.1) is 5.51 Å². The number of thiazole rings is 1. The normalized spacial score (nSPS) is 10.3. The lowest BCUT2D eigenvalue weighted by Crippen LogP contribution is -2.09. The Hall–Kier alpha value is -0.770. The topological polar surface area (TPSA) is 16.1 Å². The number of anilines is 2. The quantitative estimate of drug-likeness (QED) is 0.808. The van der Waals surface area contributed by atoms with E-state index in [1.165, 1.54) is 11.3 Å². The Morgan fingerprint density at radius 2 is 2.13 bits per heavy atom. The SMILES string of the molecule is CN(c1ccc(Cl)c(Cl)c1)c1cs[c]n1. The number of benzene rings is 1. The van der Waals surface area contributed by atoms with Gasteiger partial charge in [0.1, 0.15) is 5.82 Å². The summed E-state index contributed by atoms with van der Waals surface area (Å²) in [5.41, 5.74) is 3.75. The fraction of sp³-hybridized carbons (Fsp3) is 0.100. The molecule has 0 unspecified atom stereocenters. The minimum atomic E-state index is 0.542. The number of hydrogen-bond acceptors (Lipinski definition) is 3. The molecule has 0 saturated carbocycles. The van der Waals surface area contributed by atoms with Gasteiger partial charge in [0.25, 0.3) is 0 Å². The summed E-state index contributed by atoms with van der Waals surface area (Å²) in [6.45, 7) is 0. The highest BCUT2D eigenvalue weighted by Gasteiger charge is 2.07.